The van der Waals surface area contributed by atoms with E-state index in [9.17, 15) is 4.79 Å². The highest BCUT2D eigenvalue weighted by molar-refractivity contribution is 5.66. The van der Waals surface area contributed by atoms with Crippen molar-refractivity contribution in [2.75, 3.05) is 13.2 Å². The van der Waals surface area contributed by atoms with Gasteiger partial charge >= 0.3 is 5.97 Å². The molecule has 0 N–H and O–H groups in total. The number of aryl methyl sites for hydroxylation is 1. The second kappa shape index (κ2) is 21.2. The van der Waals surface area contributed by atoms with E-state index in [-0.39, 0.29) is 36.0 Å². The summed E-state index contributed by atoms with van der Waals surface area (Å²) < 4.78 is 15.2. The summed E-state index contributed by atoms with van der Waals surface area (Å²) in [6, 6.07) is 0. The molecule has 1 aromatic rings. The first kappa shape index (κ1) is 30.4. The molecular formula is C25H47IN2O3. The molecule has 0 aliphatic carbocycles. The molecule has 0 spiro atoms. The fourth-order valence-corrected chi connectivity index (χ4v) is 3.82. The Morgan fingerprint density at radius 1 is 0.903 bits per heavy atom. The maximum Gasteiger partial charge on any atom is 0.303 e. The Morgan fingerprint density at radius 3 is 1.87 bits per heavy atom. The van der Waals surface area contributed by atoms with E-state index in [1.807, 2.05) is 34.9 Å². The van der Waals surface area contributed by atoms with Crippen molar-refractivity contribution in [3.05, 3.63) is 18.7 Å². The molecule has 0 aliphatic heterocycles. The lowest BCUT2D eigenvalue weighted by molar-refractivity contribution is -0.671. The lowest BCUT2D eigenvalue weighted by atomic mass is 10.0. The second-order valence-electron chi connectivity index (χ2n) is 8.68. The van der Waals surface area contributed by atoms with Crippen LogP contribution in [-0.4, -0.2) is 29.9 Å². The predicted octanol–water partition coefficient (Wildman–Crippen LogP) is 2.75. The Bertz CT molecular complexity index is 537. The summed E-state index contributed by atoms with van der Waals surface area (Å²) in [6.45, 7) is 5.56. The molecule has 1 unspecified atom stereocenters. The molecule has 0 saturated heterocycles. The second-order valence-corrected chi connectivity index (χ2v) is 8.68. The number of esters is 1. The van der Waals surface area contributed by atoms with Crippen LogP contribution in [0, 0.1) is 0 Å². The molecule has 0 aromatic carbocycles. The summed E-state index contributed by atoms with van der Waals surface area (Å²) in [6.07, 6.45) is 24.7. The Balaban J connectivity index is 0.00000900. The van der Waals surface area contributed by atoms with Gasteiger partial charge in [-0.1, -0.05) is 90.4 Å². The molecule has 0 bridgehead atoms. The Labute approximate surface area is 208 Å². The van der Waals surface area contributed by atoms with Crippen molar-refractivity contribution in [3.63, 3.8) is 0 Å². The van der Waals surface area contributed by atoms with E-state index in [1.54, 1.807) is 0 Å². The van der Waals surface area contributed by atoms with Crippen LogP contribution >= 0.6 is 0 Å². The van der Waals surface area contributed by atoms with Crippen molar-refractivity contribution in [3.8, 4) is 0 Å². The minimum absolute atomic E-state index is 0. The van der Waals surface area contributed by atoms with Gasteiger partial charge in [0.25, 0.3) is 0 Å². The van der Waals surface area contributed by atoms with Crippen LogP contribution in [0.15, 0.2) is 18.7 Å². The van der Waals surface area contributed by atoms with E-state index >= 15 is 0 Å². The normalized spacial score (nSPS) is 11.8. The Hall–Kier alpha value is -0.630. The van der Waals surface area contributed by atoms with Crippen molar-refractivity contribution in [2.45, 2.75) is 116 Å². The van der Waals surface area contributed by atoms with Crippen LogP contribution in [0.3, 0.4) is 0 Å². The molecule has 0 aliphatic rings. The zero-order chi connectivity index (χ0) is 21.9. The maximum absolute atomic E-state index is 11.3. The third kappa shape index (κ3) is 18.6. The highest BCUT2D eigenvalue weighted by atomic mass is 127. The number of aromatic nitrogens is 2. The summed E-state index contributed by atoms with van der Waals surface area (Å²) in [4.78, 5) is 11.3. The Kier molecular flexibility index (Phi) is 20.8. The van der Waals surface area contributed by atoms with Gasteiger partial charge in [0, 0.05) is 13.5 Å². The molecule has 1 atom stereocenters. The molecule has 1 heterocycles. The van der Waals surface area contributed by atoms with Gasteiger partial charge < -0.3 is 33.5 Å². The largest absolute Gasteiger partial charge is 1.00 e. The lowest BCUT2D eigenvalue weighted by Crippen LogP contribution is -3.00. The van der Waals surface area contributed by atoms with Crippen LogP contribution in [-0.2, 0) is 27.9 Å². The molecule has 1 aromatic heterocycles. The minimum Gasteiger partial charge on any atom is -1.00 e. The molecule has 0 amide bonds. The number of nitrogens with zero attached hydrogens (tertiary/aromatic N) is 2. The van der Waals surface area contributed by atoms with Gasteiger partial charge in [-0.2, -0.15) is 0 Å². The lowest BCUT2D eigenvalue weighted by Gasteiger charge is -2.15. The van der Waals surface area contributed by atoms with Gasteiger partial charge in [-0.05, 0) is 6.42 Å². The third-order valence-corrected chi connectivity index (χ3v) is 5.52. The van der Waals surface area contributed by atoms with E-state index in [1.165, 1.54) is 90.4 Å². The number of hydrogen-bond acceptors (Lipinski definition) is 3. The number of hydrogen-bond donors (Lipinski definition) is 0. The van der Waals surface area contributed by atoms with Gasteiger partial charge in [0.2, 0.25) is 6.33 Å². The summed E-state index contributed by atoms with van der Waals surface area (Å²) in [7, 11) is 1.98. The van der Waals surface area contributed by atoms with Crippen LogP contribution in [0.25, 0.3) is 0 Å². The molecule has 1 rings (SSSR count). The summed E-state index contributed by atoms with van der Waals surface area (Å²) >= 11 is 0. The van der Waals surface area contributed by atoms with E-state index in [0.29, 0.717) is 13.2 Å². The topological polar surface area (TPSA) is 44.3 Å². The van der Waals surface area contributed by atoms with E-state index in [0.717, 1.165) is 13.0 Å². The molecule has 0 fully saturated rings. The van der Waals surface area contributed by atoms with Crippen LogP contribution in [0.5, 0.6) is 0 Å². The minimum atomic E-state index is -0.253. The number of halogens is 1. The zero-order valence-electron chi connectivity index (χ0n) is 20.3. The highest BCUT2D eigenvalue weighted by Crippen LogP contribution is 2.13. The summed E-state index contributed by atoms with van der Waals surface area (Å²) in [5.41, 5.74) is 0. The highest BCUT2D eigenvalue weighted by Gasteiger charge is 2.16. The summed E-state index contributed by atoms with van der Waals surface area (Å²) in [5, 5.41) is 0. The molecular weight excluding hydrogens is 503 g/mol. The van der Waals surface area contributed by atoms with Crippen LogP contribution < -0.4 is 28.5 Å². The number of ether oxygens (including phenoxy) is 2. The molecule has 0 radical (unpaired) electrons. The fraction of sp³-hybridized carbons (Fsp3) is 0.840. The number of unbranched alkanes of at least 4 members (excludes halogenated alkanes) is 13. The van der Waals surface area contributed by atoms with Crippen molar-refractivity contribution >= 4 is 5.97 Å². The third-order valence-electron chi connectivity index (χ3n) is 5.52. The standard InChI is InChI=1S/C25H47N2O3.HI/c1-4-5-6-7-8-9-10-11-12-13-14-15-16-17-20-29-22-25(30-24(2)28)21-27-19-18-26(3)23-27;/h18-19,23,25H,4-17,20-22H2,1-3H3;1H/q+1;/p-1. The van der Waals surface area contributed by atoms with Gasteiger partial charge in [0.15, 0.2) is 6.10 Å². The monoisotopic (exact) mass is 550 g/mol. The number of carbonyl (C=O) groups excluding carboxylic acids is 1. The van der Waals surface area contributed by atoms with Gasteiger partial charge in [0.05, 0.1) is 13.7 Å². The zero-order valence-corrected chi connectivity index (χ0v) is 22.5. The molecule has 5 nitrogen and oxygen atoms in total. The smallest absolute Gasteiger partial charge is 0.303 e. The fourth-order valence-electron chi connectivity index (χ4n) is 3.82. The average molecular weight is 551 g/mol. The number of rotatable bonds is 20. The van der Waals surface area contributed by atoms with E-state index in [2.05, 4.69) is 6.92 Å². The first-order valence-electron chi connectivity index (χ1n) is 12.4. The van der Waals surface area contributed by atoms with Crippen LogP contribution in [0.2, 0.25) is 0 Å². The first-order chi connectivity index (χ1) is 14.6. The van der Waals surface area contributed by atoms with Gasteiger partial charge in [-0.15, -0.1) is 0 Å². The molecule has 6 heteroatoms. The number of carbonyl (C=O) groups is 1. The summed E-state index contributed by atoms with van der Waals surface area (Å²) in [5.74, 6) is -0.253. The molecule has 182 valence electrons. The maximum atomic E-state index is 11.3. The quantitative estimate of drug-likeness (QED) is 0.109. The van der Waals surface area contributed by atoms with Crippen LogP contribution in [0.1, 0.15) is 104 Å². The van der Waals surface area contributed by atoms with Gasteiger partial charge in [0.1, 0.15) is 18.9 Å². The van der Waals surface area contributed by atoms with E-state index in [4.69, 9.17) is 9.47 Å². The Morgan fingerprint density at radius 2 is 1.42 bits per heavy atom. The van der Waals surface area contributed by atoms with Crippen LogP contribution in [0.4, 0.5) is 0 Å². The predicted molar refractivity (Wildman–Crippen MR) is 122 cm³/mol. The van der Waals surface area contributed by atoms with Crippen molar-refractivity contribution < 1.29 is 42.8 Å². The first-order valence-corrected chi connectivity index (χ1v) is 12.4. The molecule has 0 saturated carbocycles. The van der Waals surface area contributed by atoms with Gasteiger partial charge in [-0.25, -0.2) is 9.13 Å². The average Bonchev–Trinajstić information content (AvgIpc) is 3.11. The van der Waals surface area contributed by atoms with Gasteiger partial charge in [-0.3, -0.25) is 4.79 Å². The van der Waals surface area contributed by atoms with E-state index < -0.39 is 0 Å². The van der Waals surface area contributed by atoms with Crippen molar-refractivity contribution in [2.24, 2.45) is 7.05 Å². The molecule has 31 heavy (non-hydrogen) atoms. The number of imidazole rings is 1. The SMILES string of the molecule is CCCCCCCCCCCCCCCCOCC(Cn1cc[n+](C)c1)OC(C)=O.[I-]. The van der Waals surface area contributed by atoms with Crippen molar-refractivity contribution in [1.82, 2.24) is 4.57 Å². The van der Waals surface area contributed by atoms with Crippen molar-refractivity contribution in [1.29, 1.82) is 0 Å².